The zero-order valence-electron chi connectivity index (χ0n) is 21.0. The molecule has 1 heterocycles. The molecule has 186 valence electrons. The summed E-state index contributed by atoms with van der Waals surface area (Å²) in [7, 11) is 3.28. The van der Waals surface area contributed by atoms with Crippen LogP contribution in [0.25, 0.3) is 5.57 Å². The van der Waals surface area contributed by atoms with Gasteiger partial charge in [0.15, 0.2) is 0 Å². The Labute approximate surface area is 212 Å². The number of nitrogens with zero attached hydrogens (tertiary/aromatic N) is 1. The van der Waals surface area contributed by atoms with E-state index in [0.717, 1.165) is 40.7 Å². The zero-order chi connectivity index (χ0) is 25.3. The average molecular weight is 497 g/mol. The monoisotopic (exact) mass is 496 g/mol. The van der Waals surface area contributed by atoms with E-state index in [1.807, 2.05) is 45.0 Å². The maximum absolute atomic E-state index is 13.4. The molecule has 2 amide bonds. The molecule has 6 nitrogen and oxygen atoms in total. The molecule has 1 aliphatic heterocycles. The van der Waals surface area contributed by atoms with Crippen molar-refractivity contribution >= 4 is 29.2 Å². The Balaban J connectivity index is 1.62. The second kappa shape index (κ2) is 10.0. The molecule has 2 aromatic carbocycles. The molecule has 1 aliphatic carbocycles. The second-order valence-electron chi connectivity index (χ2n) is 9.92. The highest BCUT2D eigenvalue weighted by molar-refractivity contribution is 6.30. The Morgan fingerprint density at radius 3 is 2.37 bits per heavy atom. The van der Waals surface area contributed by atoms with E-state index >= 15 is 0 Å². The average Bonchev–Trinajstić information content (AvgIpc) is 3.03. The van der Waals surface area contributed by atoms with Gasteiger partial charge < -0.3 is 19.7 Å². The van der Waals surface area contributed by atoms with Gasteiger partial charge in [-0.1, -0.05) is 41.4 Å². The first-order valence-corrected chi connectivity index (χ1v) is 12.4. The number of nitrogens with one attached hydrogen (secondary N) is 1. The number of rotatable bonds is 5. The molecule has 0 unspecified atom stereocenters. The van der Waals surface area contributed by atoms with Gasteiger partial charge in [-0.2, -0.15) is 0 Å². The fourth-order valence-electron chi connectivity index (χ4n) is 5.25. The Morgan fingerprint density at radius 1 is 1.11 bits per heavy atom. The number of hydrogen-bond donors (Lipinski definition) is 1. The highest BCUT2D eigenvalue weighted by Gasteiger charge is 2.50. The number of carbonyl (C=O) groups excluding carboxylic acids is 2. The Kier molecular flexibility index (Phi) is 7.25. The molecule has 7 heteroatoms. The molecule has 2 aromatic rings. The molecule has 0 aromatic heterocycles. The van der Waals surface area contributed by atoms with Gasteiger partial charge in [0.05, 0.1) is 23.8 Å². The zero-order valence-corrected chi connectivity index (χ0v) is 21.8. The summed E-state index contributed by atoms with van der Waals surface area (Å²) in [6.45, 7) is 6.50. The van der Waals surface area contributed by atoms with Crippen LogP contribution in [-0.4, -0.2) is 42.6 Å². The summed E-state index contributed by atoms with van der Waals surface area (Å²) in [6.07, 6.45) is 2.29. The predicted octanol–water partition coefficient (Wildman–Crippen LogP) is 5.70. The van der Waals surface area contributed by atoms with Crippen molar-refractivity contribution in [1.82, 2.24) is 10.2 Å². The van der Waals surface area contributed by atoms with Gasteiger partial charge in [0, 0.05) is 19.1 Å². The van der Waals surface area contributed by atoms with Crippen LogP contribution in [0.15, 0.2) is 42.2 Å². The summed E-state index contributed by atoms with van der Waals surface area (Å²) in [4.78, 5) is 27.5. The highest BCUT2D eigenvalue weighted by atomic mass is 35.5. The third kappa shape index (κ3) is 5.24. The van der Waals surface area contributed by atoms with E-state index < -0.39 is 11.6 Å². The van der Waals surface area contributed by atoms with Gasteiger partial charge in [0.1, 0.15) is 5.76 Å². The standard InChI is InChI=1S/C28H33ClN2O4/c1-17-13-18(2)23(19(3)14-17)24-25(35-27(33)31(4)5)28(30-26(24)32)11-9-22(10-12-28)34-16-20-7-6-8-21(29)15-20/h6-8,13-15,22H,9-12,16H2,1-5H3,(H,30,32). The van der Waals surface area contributed by atoms with Crippen LogP contribution < -0.4 is 5.32 Å². The summed E-state index contributed by atoms with van der Waals surface area (Å²) in [6, 6.07) is 11.8. The number of ether oxygens (including phenoxy) is 2. The van der Waals surface area contributed by atoms with Crippen molar-refractivity contribution in [3.8, 4) is 0 Å². The molecular formula is C28H33ClN2O4. The van der Waals surface area contributed by atoms with E-state index in [9.17, 15) is 9.59 Å². The number of amides is 2. The summed E-state index contributed by atoms with van der Waals surface area (Å²) in [5.41, 5.74) is 4.71. The number of halogens is 1. The fraction of sp³-hybridized carbons (Fsp3) is 0.429. The maximum Gasteiger partial charge on any atom is 0.414 e. The third-order valence-corrected chi connectivity index (χ3v) is 7.12. The first-order valence-electron chi connectivity index (χ1n) is 12.0. The molecule has 1 fully saturated rings. The van der Waals surface area contributed by atoms with E-state index in [1.165, 1.54) is 4.90 Å². The van der Waals surface area contributed by atoms with Gasteiger partial charge in [-0.15, -0.1) is 0 Å². The van der Waals surface area contributed by atoms with Crippen LogP contribution in [0.3, 0.4) is 0 Å². The highest BCUT2D eigenvalue weighted by Crippen LogP contribution is 2.45. The number of carbonyl (C=O) groups is 2. The van der Waals surface area contributed by atoms with Crippen LogP contribution in [0.1, 0.15) is 53.5 Å². The number of benzene rings is 2. The number of hydrogen-bond acceptors (Lipinski definition) is 4. The van der Waals surface area contributed by atoms with Crippen LogP contribution in [0.4, 0.5) is 4.79 Å². The van der Waals surface area contributed by atoms with E-state index in [0.29, 0.717) is 35.8 Å². The van der Waals surface area contributed by atoms with E-state index in [1.54, 1.807) is 14.1 Å². The van der Waals surface area contributed by atoms with E-state index in [2.05, 4.69) is 17.4 Å². The summed E-state index contributed by atoms with van der Waals surface area (Å²) in [5.74, 6) is 0.240. The Hall–Kier alpha value is -2.83. The van der Waals surface area contributed by atoms with Crippen molar-refractivity contribution in [3.05, 3.63) is 75.0 Å². The van der Waals surface area contributed by atoms with Crippen LogP contribution in [-0.2, 0) is 20.9 Å². The predicted molar refractivity (Wildman–Crippen MR) is 137 cm³/mol. The lowest BCUT2D eigenvalue weighted by Gasteiger charge is -2.38. The Morgan fingerprint density at radius 2 is 1.77 bits per heavy atom. The minimum atomic E-state index is -0.724. The van der Waals surface area contributed by atoms with Crippen LogP contribution in [0, 0.1) is 20.8 Å². The lowest BCUT2D eigenvalue weighted by atomic mass is 9.78. The summed E-state index contributed by atoms with van der Waals surface area (Å²) < 4.78 is 12.1. The molecule has 0 saturated heterocycles. The molecule has 4 rings (SSSR count). The van der Waals surface area contributed by atoms with E-state index in [-0.39, 0.29) is 12.0 Å². The van der Waals surface area contributed by atoms with Gasteiger partial charge >= 0.3 is 6.09 Å². The lowest BCUT2D eigenvalue weighted by molar-refractivity contribution is -0.116. The van der Waals surface area contributed by atoms with Crippen LogP contribution >= 0.6 is 11.6 Å². The SMILES string of the molecule is Cc1cc(C)c(C2=C(OC(=O)N(C)C)C3(CCC(OCc4cccc(Cl)c4)CC3)NC2=O)c(C)c1. The van der Waals surface area contributed by atoms with Crippen molar-refractivity contribution in [2.45, 2.75) is 64.7 Å². The second-order valence-corrected chi connectivity index (χ2v) is 10.4. The minimum Gasteiger partial charge on any atom is -0.411 e. The van der Waals surface area contributed by atoms with E-state index in [4.69, 9.17) is 21.1 Å². The van der Waals surface area contributed by atoms with Crippen molar-refractivity contribution in [1.29, 1.82) is 0 Å². The molecule has 0 radical (unpaired) electrons. The Bertz CT molecular complexity index is 1160. The maximum atomic E-state index is 13.4. The number of aryl methyl sites for hydroxylation is 3. The molecule has 1 saturated carbocycles. The van der Waals surface area contributed by atoms with Gasteiger partial charge in [-0.3, -0.25) is 4.79 Å². The van der Waals surface area contributed by atoms with Gasteiger partial charge in [-0.05, 0) is 80.8 Å². The molecule has 2 aliphatic rings. The summed E-state index contributed by atoms with van der Waals surface area (Å²) >= 11 is 6.09. The molecule has 1 spiro atoms. The van der Waals surface area contributed by atoms with Crippen molar-refractivity contribution < 1.29 is 19.1 Å². The molecule has 0 atom stereocenters. The van der Waals surface area contributed by atoms with Gasteiger partial charge in [0.25, 0.3) is 5.91 Å². The van der Waals surface area contributed by atoms with Gasteiger partial charge in [-0.25, -0.2) is 4.79 Å². The van der Waals surface area contributed by atoms with Crippen molar-refractivity contribution in [2.75, 3.05) is 14.1 Å². The normalized spacial score (nSPS) is 21.9. The smallest absolute Gasteiger partial charge is 0.411 e. The first-order chi connectivity index (χ1) is 16.6. The fourth-order valence-corrected chi connectivity index (χ4v) is 5.46. The largest absolute Gasteiger partial charge is 0.414 e. The van der Waals surface area contributed by atoms with Crippen LogP contribution in [0.5, 0.6) is 0 Å². The van der Waals surface area contributed by atoms with Crippen molar-refractivity contribution in [2.24, 2.45) is 0 Å². The van der Waals surface area contributed by atoms with Gasteiger partial charge in [0.2, 0.25) is 0 Å². The van der Waals surface area contributed by atoms with Crippen molar-refractivity contribution in [3.63, 3.8) is 0 Å². The summed E-state index contributed by atoms with van der Waals surface area (Å²) in [5, 5.41) is 3.89. The topological polar surface area (TPSA) is 67.9 Å². The lowest BCUT2D eigenvalue weighted by Crippen LogP contribution is -2.49. The minimum absolute atomic E-state index is 0.0502. The molecule has 1 N–H and O–H groups in total. The molecular weight excluding hydrogens is 464 g/mol. The third-order valence-electron chi connectivity index (χ3n) is 6.88. The molecule has 35 heavy (non-hydrogen) atoms. The first kappa shape index (κ1) is 25.3. The quantitative estimate of drug-likeness (QED) is 0.576. The molecule has 0 bridgehead atoms. The van der Waals surface area contributed by atoms with Crippen LogP contribution in [0.2, 0.25) is 5.02 Å².